The predicted octanol–water partition coefficient (Wildman–Crippen LogP) is 2.84. The summed E-state index contributed by atoms with van der Waals surface area (Å²) < 4.78 is 67.1. The lowest BCUT2D eigenvalue weighted by Gasteiger charge is -2.23. The van der Waals surface area contributed by atoms with Crippen LogP contribution in [0.3, 0.4) is 0 Å². The molecule has 0 saturated heterocycles. The molecule has 0 spiro atoms. The second-order valence-corrected chi connectivity index (χ2v) is 4.07. The highest BCUT2D eigenvalue weighted by atomic mass is 19.4. The first-order valence-electron chi connectivity index (χ1n) is 5.40. The number of pyridine rings is 1. The van der Waals surface area contributed by atoms with Gasteiger partial charge in [0.2, 0.25) is 5.69 Å². The molecule has 0 N–H and O–H groups in total. The molecule has 2 nitrogen and oxygen atoms in total. The van der Waals surface area contributed by atoms with Gasteiger partial charge in [-0.25, -0.2) is 13.2 Å². The van der Waals surface area contributed by atoms with Gasteiger partial charge in [-0.15, -0.1) is 0 Å². The van der Waals surface area contributed by atoms with Crippen molar-refractivity contribution < 1.29 is 31.3 Å². The average molecular weight is 277 g/mol. The molecule has 102 valence electrons. The van der Waals surface area contributed by atoms with Crippen molar-refractivity contribution in [1.82, 2.24) is 0 Å². The highest BCUT2D eigenvalue weighted by Gasteiger charge is 2.60. The Bertz CT molecular complexity index is 614. The Morgan fingerprint density at radius 2 is 1.68 bits per heavy atom. The van der Waals surface area contributed by atoms with E-state index in [1.165, 1.54) is 25.1 Å². The third-order valence-corrected chi connectivity index (χ3v) is 2.60. The number of aryl methyl sites for hydroxylation is 1. The van der Waals surface area contributed by atoms with Gasteiger partial charge in [-0.1, -0.05) is 12.1 Å². The van der Waals surface area contributed by atoms with E-state index in [4.69, 9.17) is 0 Å². The van der Waals surface area contributed by atoms with E-state index < -0.39 is 13.0 Å². The summed E-state index contributed by atoms with van der Waals surface area (Å²) in [5.41, 5.74) is 0.290. The van der Waals surface area contributed by atoms with Crippen molar-refractivity contribution in [3.63, 3.8) is 0 Å². The van der Waals surface area contributed by atoms with Crippen molar-refractivity contribution in [2.75, 3.05) is 0 Å². The molecule has 0 aliphatic heterocycles. The Balaban J connectivity index is 2.54. The number of alkyl halides is 3. The largest absolute Gasteiger partial charge is 0.658 e. The van der Waals surface area contributed by atoms with Gasteiger partial charge in [-0.2, -0.15) is 0 Å². The fourth-order valence-corrected chi connectivity index (χ4v) is 1.61. The van der Waals surface area contributed by atoms with Crippen LogP contribution in [0.15, 0.2) is 36.4 Å². The van der Waals surface area contributed by atoms with Gasteiger partial charge in [0.25, 0.3) is 5.52 Å². The molecular formula is C11H9BF5NO. The third kappa shape index (κ3) is 2.47. The minimum Gasteiger partial charge on any atom is -0.432 e. The van der Waals surface area contributed by atoms with Gasteiger partial charge in [0.05, 0.1) is 5.39 Å². The minimum atomic E-state index is -5.97. The molecule has 0 fully saturated rings. The highest BCUT2D eigenvalue weighted by Crippen LogP contribution is 2.29. The molecule has 0 amide bonds. The molecule has 0 atom stereocenters. The van der Waals surface area contributed by atoms with Crippen molar-refractivity contribution in [3.8, 4) is 0 Å². The third-order valence-electron chi connectivity index (χ3n) is 2.60. The summed E-state index contributed by atoms with van der Waals surface area (Å²) in [4.78, 5) is 0. The lowest BCUT2D eigenvalue weighted by Crippen LogP contribution is -2.63. The number of halogens is 5. The first kappa shape index (κ1) is 13.6. The minimum absolute atomic E-state index is 0.143. The molecule has 0 aliphatic rings. The zero-order valence-corrected chi connectivity index (χ0v) is 9.79. The molecule has 19 heavy (non-hydrogen) atoms. The zero-order chi connectivity index (χ0) is 14.3. The Labute approximate surface area is 105 Å². The van der Waals surface area contributed by atoms with E-state index in [9.17, 15) is 21.8 Å². The van der Waals surface area contributed by atoms with Gasteiger partial charge in [-0.3, -0.25) is 0 Å². The lowest BCUT2D eigenvalue weighted by atomic mass is 9.87. The smallest absolute Gasteiger partial charge is 0.432 e. The Hall–Kier alpha value is -1.86. The lowest BCUT2D eigenvalue weighted by molar-refractivity contribution is -0.851. The molecule has 2 aromatic rings. The van der Waals surface area contributed by atoms with Gasteiger partial charge in [0.15, 0.2) is 0 Å². The molecule has 0 aliphatic carbocycles. The van der Waals surface area contributed by atoms with Crippen molar-refractivity contribution >= 4 is 17.8 Å². The number of aromatic nitrogens is 1. The van der Waals surface area contributed by atoms with Crippen LogP contribution >= 0.6 is 0 Å². The standard InChI is InChI=1S/C11H9BF5NO/c1-8-6-7-9-4-2-3-5-10(9)18(8)19-12(16,17)11(13,14)15/h2-7H,1H3. The van der Waals surface area contributed by atoms with Crippen molar-refractivity contribution in [2.45, 2.75) is 13.0 Å². The molecular weight excluding hydrogens is 268 g/mol. The topological polar surface area (TPSA) is 13.1 Å². The summed E-state index contributed by atoms with van der Waals surface area (Å²) in [6.07, 6.45) is -5.71. The molecule has 0 radical (unpaired) electrons. The van der Waals surface area contributed by atoms with E-state index in [1.807, 2.05) is 0 Å². The van der Waals surface area contributed by atoms with Crippen LogP contribution in [-0.4, -0.2) is 13.0 Å². The maximum atomic E-state index is 13.0. The van der Waals surface area contributed by atoms with E-state index >= 15 is 0 Å². The average Bonchev–Trinajstić information content (AvgIpc) is 2.31. The zero-order valence-electron chi connectivity index (χ0n) is 9.79. The molecule has 8 heteroatoms. The van der Waals surface area contributed by atoms with Crippen molar-refractivity contribution in [1.29, 1.82) is 0 Å². The molecule has 1 aromatic heterocycles. The SMILES string of the molecule is Cc1ccc2ccccc2[n+]1O[B-](F)(F)C(F)(F)F. The maximum Gasteiger partial charge on any atom is 0.658 e. The number of rotatable bonds is 2. The van der Waals surface area contributed by atoms with Crippen LogP contribution in [0.5, 0.6) is 0 Å². The van der Waals surface area contributed by atoms with Gasteiger partial charge in [-0.05, 0) is 16.9 Å². The number of nitrogens with zero attached hydrogens (tertiary/aromatic N) is 1. The number of fused-ring (bicyclic) bond motifs is 1. The Morgan fingerprint density at radius 3 is 2.32 bits per heavy atom. The van der Waals surface area contributed by atoms with E-state index in [0.717, 1.165) is 0 Å². The summed E-state index contributed by atoms with van der Waals surface area (Å²) in [5, 5.41) is 0.502. The van der Waals surface area contributed by atoms with Crippen LogP contribution in [-0.2, 0) is 0 Å². The van der Waals surface area contributed by atoms with Crippen LogP contribution < -0.4 is 9.49 Å². The van der Waals surface area contributed by atoms with Crippen LogP contribution in [0.25, 0.3) is 10.9 Å². The van der Waals surface area contributed by atoms with Gasteiger partial charge >= 0.3 is 13.0 Å². The predicted molar refractivity (Wildman–Crippen MR) is 59.5 cm³/mol. The van der Waals surface area contributed by atoms with Gasteiger partial charge in [0.1, 0.15) is 0 Å². The molecule has 1 heterocycles. The van der Waals surface area contributed by atoms with Crippen molar-refractivity contribution in [3.05, 3.63) is 42.1 Å². The number of hydrogen-bond acceptors (Lipinski definition) is 1. The van der Waals surface area contributed by atoms with Crippen LogP contribution in [0.4, 0.5) is 21.8 Å². The fraction of sp³-hybridized carbons (Fsp3) is 0.182. The number of hydrogen-bond donors (Lipinski definition) is 0. The van der Waals surface area contributed by atoms with Crippen LogP contribution in [0.2, 0.25) is 0 Å². The second-order valence-electron chi connectivity index (χ2n) is 4.07. The summed E-state index contributed by atoms with van der Waals surface area (Å²) in [6.45, 7) is -4.58. The van der Waals surface area contributed by atoms with Crippen LogP contribution in [0.1, 0.15) is 5.69 Å². The summed E-state index contributed by atoms with van der Waals surface area (Å²) >= 11 is 0. The van der Waals surface area contributed by atoms with E-state index in [0.29, 0.717) is 10.1 Å². The molecule has 0 bridgehead atoms. The van der Waals surface area contributed by atoms with Gasteiger partial charge < -0.3 is 13.4 Å². The summed E-state index contributed by atoms with van der Waals surface area (Å²) in [6, 6.07) is 9.20. The normalized spacial score (nSPS) is 12.7. The van der Waals surface area contributed by atoms with Gasteiger partial charge in [0, 0.05) is 19.1 Å². The molecule has 2 rings (SSSR count). The highest BCUT2D eigenvalue weighted by molar-refractivity contribution is 6.61. The molecule has 1 aromatic carbocycles. The maximum absolute atomic E-state index is 13.0. The van der Waals surface area contributed by atoms with Crippen LogP contribution in [0, 0.1) is 6.92 Å². The Morgan fingerprint density at radius 1 is 1.05 bits per heavy atom. The monoisotopic (exact) mass is 277 g/mol. The summed E-state index contributed by atoms with van der Waals surface area (Å²) in [7, 11) is 0. The van der Waals surface area contributed by atoms with E-state index in [1.54, 1.807) is 18.2 Å². The van der Waals surface area contributed by atoms with Crippen molar-refractivity contribution in [2.24, 2.45) is 0 Å². The first-order valence-corrected chi connectivity index (χ1v) is 5.40. The fourth-order valence-electron chi connectivity index (χ4n) is 1.61. The van der Waals surface area contributed by atoms with E-state index in [2.05, 4.69) is 4.76 Å². The van der Waals surface area contributed by atoms with E-state index in [-0.39, 0.29) is 11.2 Å². The second kappa shape index (κ2) is 4.36. The molecule has 0 unspecified atom stereocenters. The quantitative estimate of drug-likeness (QED) is 0.467. The number of para-hydroxylation sites is 1. The number of benzene rings is 1. The Kier molecular flexibility index (Phi) is 3.11. The summed E-state index contributed by atoms with van der Waals surface area (Å²) in [5.74, 6) is 0. The molecule has 0 saturated carbocycles. The first-order chi connectivity index (χ1) is 8.72.